The lowest BCUT2D eigenvalue weighted by Crippen LogP contribution is -2.16. The Morgan fingerprint density at radius 3 is 2.37 bits per heavy atom. The maximum atomic E-state index is 13.0. The Hall–Kier alpha value is -3.48. The maximum Gasteiger partial charge on any atom is 0.311 e. The van der Waals surface area contributed by atoms with Crippen molar-refractivity contribution in [2.75, 3.05) is 0 Å². The van der Waals surface area contributed by atoms with E-state index in [-0.39, 0.29) is 40.4 Å². The molecule has 0 fully saturated rings. The van der Waals surface area contributed by atoms with Gasteiger partial charge in [-0.1, -0.05) is 32.6 Å². The molecule has 0 unspecified atom stereocenters. The van der Waals surface area contributed by atoms with Gasteiger partial charge in [0.1, 0.15) is 28.2 Å². The Morgan fingerprint density at radius 1 is 0.967 bits per heavy atom. The molecule has 7 heteroatoms. The number of benzene rings is 2. The summed E-state index contributed by atoms with van der Waals surface area (Å²) in [5.41, 5.74) is -0.392. The van der Waals surface area contributed by atoms with Crippen molar-refractivity contribution in [2.45, 2.75) is 45.4 Å². The van der Waals surface area contributed by atoms with Gasteiger partial charge < -0.3 is 24.5 Å². The van der Waals surface area contributed by atoms with E-state index in [2.05, 4.69) is 6.92 Å². The second kappa shape index (κ2) is 9.35. The summed E-state index contributed by atoms with van der Waals surface area (Å²) in [6.07, 6.45) is 4.90. The Morgan fingerprint density at radius 2 is 1.67 bits per heavy atom. The average molecular weight is 412 g/mol. The number of unbranched alkanes of at least 4 members (excludes halogenated alkanes) is 4. The molecule has 0 saturated heterocycles. The fraction of sp³-hybridized carbons (Fsp3) is 0.304. The first-order chi connectivity index (χ1) is 14.4. The minimum Gasteiger partial charge on any atom is -0.508 e. The summed E-state index contributed by atoms with van der Waals surface area (Å²) >= 11 is 0. The normalized spacial score (nSPS) is 11.0. The predicted molar refractivity (Wildman–Crippen MR) is 112 cm³/mol. The number of rotatable bonds is 8. The predicted octanol–water partition coefficient (Wildman–Crippen LogP) is 4.84. The second-order valence-corrected chi connectivity index (χ2v) is 7.11. The number of phenolic OH excluding ortho intramolecular Hbond substituents is 3. The van der Waals surface area contributed by atoms with Crippen LogP contribution in [0.25, 0.3) is 22.3 Å². The van der Waals surface area contributed by atoms with Gasteiger partial charge in [-0.2, -0.15) is 0 Å². The highest BCUT2D eigenvalue weighted by molar-refractivity contribution is 5.89. The van der Waals surface area contributed by atoms with Crippen molar-refractivity contribution >= 4 is 16.9 Å². The van der Waals surface area contributed by atoms with Crippen LogP contribution in [0.5, 0.6) is 23.0 Å². The van der Waals surface area contributed by atoms with Crippen LogP contribution in [0.4, 0.5) is 0 Å². The highest BCUT2D eigenvalue weighted by Gasteiger charge is 2.22. The molecule has 3 aromatic rings. The van der Waals surface area contributed by atoms with Gasteiger partial charge in [0, 0.05) is 24.1 Å². The molecular formula is C23H24O7. The molecule has 3 N–H and O–H groups in total. The third kappa shape index (κ3) is 4.74. The fourth-order valence-electron chi connectivity index (χ4n) is 3.20. The number of ether oxygens (including phenoxy) is 1. The summed E-state index contributed by atoms with van der Waals surface area (Å²) in [4.78, 5) is 25.4. The Labute approximate surface area is 173 Å². The molecule has 0 spiro atoms. The Bertz CT molecular complexity index is 1100. The van der Waals surface area contributed by atoms with Gasteiger partial charge in [0.05, 0.1) is 0 Å². The van der Waals surface area contributed by atoms with E-state index in [1.807, 2.05) is 0 Å². The monoisotopic (exact) mass is 412 g/mol. The molecule has 0 aliphatic heterocycles. The van der Waals surface area contributed by atoms with Gasteiger partial charge in [-0.25, -0.2) is 0 Å². The van der Waals surface area contributed by atoms with E-state index in [0.717, 1.165) is 31.7 Å². The van der Waals surface area contributed by atoms with E-state index in [1.54, 1.807) is 0 Å². The molecule has 1 aromatic heterocycles. The van der Waals surface area contributed by atoms with Crippen molar-refractivity contribution in [3.63, 3.8) is 0 Å². The van der Waals surface area contributed by atoms with Gasteiger partial charge in [0.2, 0.25) is 11.2 Å². The van der Waals surface area contributed by atoms with Gasteiger partial charge in [-0.15, -0.1) is 0 Å². The zero-order chi connectivity index (χ0) is 21.7. The second-order valence-electron chi connectivity index (χ2n) is 7.11. The molecule has 0 radical (unpaired) electrons. The van der Waals surface area contributed by atoms with E-state index in [9.17, 15) is 24.9 Å². The van der Waals surface area contributed by atoms with Crippen molar-refractivity contribution in [3.8, 4) is 34.3 Å². The number of carbonyl (C=O) groups excluding carboxylic acids is 1. The summed E-state index contributed by atoms with van der Waals surface area (Å²) in [5, 5.41) is 29.2. The molecule has 30 heavy (non-hydrogen) atoms. The minimum absolute atomic E-state index is 0.0165. The summed E-state index contributed by atoms with van der Waals surface area (Å²) in [7, 11) is 0. The van der Waals surface area contributed by atoms with Crippen LogP contribution < -0.4 is 10.2 Å². The number of phenols is 3. The maximum absolute atomic E-state index is 13.0. The summed E-state index contributed by atoms with van der Waals surface area (Å²) in [5.74, 6) is -1.69. The van der Waals surface area contributed by atoms with Crippen LogP contribution in [0, 0.1) is 0 Å². The molecular weight excluding hydrogens is 388 g/mol. The lowest BCUT2D eigenvalue weighted by atomic mass is 10.1. The Kier molecular flexibility index (Phi) is 6.61. The third-order valence-electron chi connectivity index (χ3n) is 4.75. The smallest absolute Gasteiger partial charge is 0.311 e. The van der Waals surface area contributed by atoms with Gasteiger partial charge in [-0.05, 0) is 30.7 Å². The molecule has 0 saturated carbocycles. The third-order valence-corrected chi connectivity index (χ3v) is 4.75. The zero-order valence-electron chi connectivity index (χ0n) is 16.7. The van der Waals surface area contributed by atoms with Gasteiger partial charge in [0.15, 0.2) is 5.76 Å². The van der Waals surface area contributed by atoms with Crippen LogP contribution in [-0.2, 0) is 4.79 Å². The van der Waals surface area contributed by atoms with Gasteiger partial charge >= 0.3 is 5.97 Å². The minimum atomic E-state index is -0.726. The van der Waals surface area contributed by atoms with Crippen LogP contribution in [0.1, 0.15) is 45.4 Å². The molecule has 158 valence electrons. The largest absolute Gasteiger partial charge is 0.508 e. The first kappa shape index (κ1) is 21.2. The molecule has 1 heterocycles. The summed E-state index contributed by atoms with van der Waals surface area (Å²) in [6, 6.07) is 8.02. The number of fused-ring (bicyclic) bond motifs is 1. The molecule has 0 amide bonds. The zero-order valence-corrected chi connectivity index (χ0v) is 16.7. The van der Waals surface area contributed by atoms with Crippen molar-refractivity contribution in [2.24, 2.45) is 0 Å². The van der Waals surface area contributed by atoms with Crippen LogP contribution in [-0.4, -0.2) is 21.3 Å². The number of carbonyl (C=O) groups is 1. The van der Waals surface area contributed by atoms with Gasteiger partial charge in [0.25, 0.3) is 0 Å². The van der Waals surface area contributed by atoms with Crippen LogP contribution in [0.15, 0.2) is 45.6 Å². The number of hydrogen-bond acceptors (Lipinski definition) is 7. The highest BCUT2D eigenvalue weighted by Crippen LogP contribution is 2.36. The van der Waals surface area contributed by atoms with Crippen molar-refractivity contribution in [3.05, 3.63) is 46.6 Å². The van der Waals surface area contributed by atoms with Crippen molar-refractivity contribution in [1.82, 2.24) is 0 Å². The highest BCUT2D eigenvalue weighted by atomic mass is 16.5. The lowest BCUT2D eigenvalue weighted by molar-refractivity contribution is -0.134. The SMILES string of the molecule is CCCCCCCC(=O)Oc1c(-c2ccc(O)cc2)oc2cc(O)cc(O)c2c1=O. The molecule has 7 nitrogen and oxygen atoms in total. The number of hydrogen-bond donors (Lipinski definition) is 3. The standard InChI is InChI=1S/C23H24O7/c1-2-3-4-5-6-7-19(27)30-23-21(28)20-17(26)12-16(25)13-18(20)29-22(23)14-8-10-15(24)11-9-14/h8-13,24-26H,2-7H2,1H3. The van der Waals surface area contributed by atoms with Crippen LogP contribution >= 0.6 is 0 Å². The molecule has 2 aromatic carbocycles. The molecule has 0 aliphatic rings. The molecule has 0 aliphatic carbocycles. The van der Waals surface area contributed by atoms with E-state index in [4.69, 9.17) is 9.15 Å². The van der Waals surface area contributed by atoms with Gasteiger partial charge in [-0.3, -0.25) is 9.59 Å². The van der Waals surface area contributed by atoms with Crippen molar-refractivity contribution < 1.29 is 29.3 Å². The number of esters is 1. The van der Waals surface area contributed by atoms with Crippen LogP contribution in [0.2, 0.25) is 0 Å². The molecule has 3 rings (SSSR count). The molecule has 0 atom stereocenters. The van der Waals surface area contributed by atoms with E-state index in [1.165, 1.54) is 30.3 Å². The summed E-state index contributed by atoms with van der Waals surface area (Å²) in [6.45, 7) is 2.10. The molecule has 0 bridgehead atoms. The van der Waals surface area contributed by atoms with E-state index < -0.39 is 17.1 Å². The Balaban J connectivity index is 2.01. The first-order valence-corrected chi connectivity index (χ1v) is 9.93. The van der Waals surface area contributed by atoms with Crippen LogP contribution in [0.3, 0.4) is 0 Å². The lowest BCUT2D eigenvalue weighted by Gasteiger charge is -2.11. The van der Waals surface area contributed by atoms with E-state index >= 15 is 0 Å². The number of aromatic hydroxyl groups is 3. The average Bonchev–Trinajstić information content (AvgIpc) is 2.70. The van der Waals surface area contributed by atoms with Crippen molar-refractivity contribution in [1.29, 1.82) is 0 Å². The fourth-order valence-corrected chi connectivity index (χ4v) is 3.20. The quantitative estimate of drug-likeness (QED) is 0.358. The topological polar surface area (TPSA) is 117 Å². The van der Waals surface area contributed by atoms with E-state index in [0.29, 0.717) is 12.0 Å². The summed E-state index contributed by atoms with van der Waals surface area (Å²) < 4.78 is 11.1. The first-order valence-electron chi connectivity index (χ1n) is 9.93.